The SMILES string of the molecule is NCCCC(=O)CCN(CCC(=O)CCCN)CCC(=O)NCCN.NCCN(CCN)CCN. The Morgan fingerprint density at radius 3 is 1.26 bits per heavy atom. The molecule has 1 amide bonds. The van der Waals surface area contributed by atoms with Gasteiger partial charge in [-0.05, 0) is 25.9 Å². The first kappa shape index (κ1) is 35.7. The van der Waals surface area contributed by atoms with Crippen LogP contribution in [0.25, 0.3) is 0 Å². The van der Waals surface area contributed by atoms with E-state index in [1.807, 2.05) is 4.90 Å². The molecule has 0 fully saturated rings. The summed E-state index contributed by atoms with van der Waals surface area (Å²) in [5, 5.41) is 2.72. The van der Waals surface area contributed by atoms with Crippen LogP contribution in [0.4, 0.5) is 0 Å². The van der Waals surface area contributed by atoms with Gasteiger partial charge in [-0.25, -0.2) is 0 Å². The van der Waals surface area contributed by atoms with Gasteiger partial charge in [-0.2, -0.15) is 0 Å². The number of hydrogen-bond acceptors (Lipinski definition) is 11. The van der Waals surface area contributed by atoms with Crippen molar-refractivity contribution in [1.29, 1.82) is 0 Å². The highest BCUT2D eigenvalue weighted by molar-refractivity contribution is 5.79. The second kappa shape index (κ2) is 27.1. The first-order valence-electron chi connectivity index (χ1n) is 12.8. The molecule has 0 saturated carbocycles. The number of ketones is 2. The maximum absolute atomic E-state index is 11.8. The molecule has 12 nitrogen and oxygen atoms in total. The van der Waals surface area contributed by atoms with Crippen molar-refractivity contribution < 1.29 is 14.4 Å². The Labute approximate surface area is 211 Å². The lowest BCUT2D eigenvalue weighted by molar-refractivity contribution is -0.121. The number of carbonyl (C=O) groups is 3. The fourth-order valence-electron chi connectivity index (χ4n) is 3.19. The van der Waals surface area contributed by atoms with Gasteiger partial charge < -0.3 is 44.6 Å². The third-order valence-corrected chi connectivity index (χ3v) is 5.19. The Balaban J connectivity index is 0. The standard InChI is InChI=1S/C17H35N5O3.C6H18N4/c18-8-1-3-15(23)5-12-22(13-6-16(24)4-2-9-19)14-7-17(25)21-11-10-20;7-1-4-10(5-2-8)6-3-9/h1-14,18-20H2,(H,21,25);1-9H2. The number of nitrogens with one attached hydrogen (secondary N) is 1. The molecule has 12 heteroatoms. The topological polar surface area (TPSA) is 226 Å². The van der Waals surface area contributed by atoms with Crippen LogP contribution in [0.1, 0.15) is 44.9 Å². The molecule has 0 aromatic heterocycles. The average molecular weight is 504 g/mol. The predicted molar refractivity (Wildman–Crippen MR) is 143 cm³/mol. The summed E-state index contributed by atoms with van der Waals surface area (Å²) in [6.07, 6.45) is 3.51. The van der Waals surface area contributed by atoms with Crippen molar-refractivity contribution in [2.45, 2.75) is 44.9 Å². The highest BCUT2D eigenvalue weighted by atomic mass is 16.1. The zero-order valence-corrected chi connectivity index (χ0v) is 21.7. The zero-order valence-electron chi connectivity index (χ0n) is 21.7. The van der Waals surface area contributed by atoms with Crippen LogP contribution < -0.4 is 39.7 Å². The van der Waals surface area contributed by atoms with Gasteiger partial charge in [0.15, 0.2) is 0 Å². The fraction of sp³-hybridized carbons (Fsp3) is 0.870. The van der Waals surface area contributed by atoms with E-state index in [2.05, 4.69) is 10.2 Å². The molecule has 0 radical (unpaired) electrons. The first-order valence-corrected chi connectivity index (χ1v) is 12.8. The molecule has 0 aromatic carbocycles. The minimum absolute atomic E-state index is 0.0700. The number of nitrogens with zero attached hydrogens (tertiary/aromatic N) is 2. The predicted octanol–water partition coefficient (Wildman–Crippen LogP) is -2.69. The Hall–Kier alpha value is -1.51. The molecule has 0 unspecified atom stereocenters. The molecule has 0 heterocycles. The summed E-state index contributed by atoms with van der Waals surface area (Å²) in [4.78, 5) is 39.5. The summed E-state index contributed by atoms with van der Waals surface area (Å²) >= 11 is 0. The Morgan fingerprint density at radius 2 is 0.886 bits per heavy atom. The molecule has 0 atom stereocenters. The van der Waals surface area contributed by atoms with Crippen molar-refractivity contribution in [3.05, 3.63) is 0 Å². The van der Waals surface area contributed by atoms with Crippen LogP contribution in [0.3, 0.4) is 0 Å². The molecule has 0 aliphatic carbocycles. The zero-order chi connectivity index (χ0) is 26.7. The van der Waals surface area contributed by atoms with Gasteiger partial charge in [-0.1, -0.05) is 0 Å². The maximum atomic E-state index is 11.8. The van der Waals surface area contributed by atoms with Gasteiger partial charge in [-0.15, -0.1) is 0 Å². The third-order valence-electron chi connectivity index (χ3n) is 5.19. The highest BCUT2D eigenvalue weighted by Gasteiger charge is 2.12. The van der Waals surface area contributed by atoms with Gasteiger partial charge in [0.1, 0.15) is 11.6 Å². The van der Waals surface area contributed by atoms with Crippen molar-refractivity contribution in [3.8, 4) is 0 Å². The molecule has 0 bridgehead atoms. The number of nitrogens with two attached hydrogens (primary N) is 6. The minimum atomic E-state index is -0.0700. The smallest absolute Gasteiger partial charge is 0.221 e. The normalized spacial score (nSPS) is 10.9. The average Bonchev–Trinajstić information content (AvgIpc) is 2.85. The first-order chi connectivity index (χ1) is 16.9. The Morgan fingerprint density at radius 1 is 0.486 bits per heavy atom. The van der Waals surface area contributed by atoms with E-state index in [-0.39, 0.29) is 17.5 Å². The molecule has 0 aliphatic heterocycles. The van der Waals surface area contributed by atoms with Crippen molar-refractivity contribution in [2.24, 2.45) is 34.4 Å². The largest absolute Gasteiger partial charge is 0.355 e. The number of rotatable bonds is 23. The van der Waals surface area contributed by atoms with Crippen LogP contribution in [0.15, 0.2) is 0 Å². The summed E-state index contributed by atoms with van der Waals surface area (Å²) in [6, 6.07) is 0. The van der Waals surface area contributed by atoms with Crippen LogP contribution in [-0.2, 0) is 14.4 Å². The molecule has 0 rings (SSSR count). The molecular weight excluding hydrogens is 450 g/mol. The van der Waals surface area contributed by atoms with Gasteiger partial charge in [0.2, 0.25) is 5.91 Å². The van der Waals surface area contributed by atoms with E-state index in [1.165, 1.54) is 0 Å². The van der Waals surface area contributed by atoms with Gasteiger partial charge in [0.05, 0.1) is 0 Å². The lowest BCUT2D eigenvalue weighted by atomic mass is 10.1. The van der Waals surface area contributed by atoms with Crippen LogP contribution in [0, 0.1) is 0 Å². The molecular formula is C23H53N9O3. The van der Waals surface area contributed by atoms with Crippen LogP contribution in [0.5, 0.6) is 0 Å². The van der Waals surface area contributed by atoms with Crippen molar-refractivity contribution in [1.82, 2.24) is 15.1 Å². The molecule has 13 N–H and O–H groups in total. The number of hydrogen-bond donors (Lipinski definition) is 7. The van der Waals surface area contributed by atoms with Crippen molar-refractivity contribution in [3.63, 3.8) is 0 Å². The van der Waals surface area contributed by atoms with E-state index in [1.54, 1.807) is 0 Å². The number of carbonyl (C=O) groups excluding carboxylic acids is 3. The molecule has 208 valence electrons. The molecule has 0 spiro atoms. The monoisotopic (exact) mass is 503 g/mol. The van der Waals surface area contributed by atoms with Gasteiger partial charge in [-0.3, -0.25) is 19.3 Å². The number of amides is 1. The fourth-order valence-corrected chi connectivity index (χ4v) is 3.19. The van der Waals surface area contributed by atoms with Gasteiger partial charge in [0.25, 0.3) is 0 Å². The summed E-state index contributed by atoms with van der Waals surface area (Å²) in [6.45, 7) is 8.23. The van der Waals surface area contributed by atoms with Gasteiger partial charge >= 0.3 is 0 Å². The molecule has 0 aliphatic rings. The third kappa shape index (κ3) is 25.4. The summed E-state index contributed by atoms with van der Waals surface area (Å²) in [5.74, 6) is 0.259. The van der Waals surface area contributed by atoms with Gasteiger partial charge in [0, 0.05) is 104 Å². The second-order valence-corrected chi connectivity index (χ2v) is 8.30. The lowest BCUT2D eigenvalue weighted by Gasteiger charge is -2.21. The molecule has 0 saturated heterocycles. The van der Waals surface area contributed by atoms with Crippen LogP contribution in [-0.4, -0.2) is 112 Å². The summed E-state index contributed by atoms with van der Waals surface area (Å²) < 4.78 is 0. The second-order valence-electron chi connectivity index (χ2n) is 8.30. The molecule has 0 aromatic rings. The van der Waals surface area contributed by atoms with Crippen molar-refractivity contribution >= 4 is 17.5 Å². The Bertz CT molecular complexity index is 453. The molecule has 35 heavy (non-hydrogen) atoms. The Kier molecular flexibility index (Phi) is 27.6. The summed E-state index contributed by atoms with van der Waals surface area (Å²) in [5.41, 5.74) is 32.3. The van der Waals surface area contributed by atoms with E-state index in [4.69, 9.17) is 34.4 Å². The summed E-state index contributed by atoms with van der Waals surface area (Å²) in [7, 11) is 0. The number of Topliss-reactive ketones (excluding diaryl/α,β-unsaturated/α-hetero) is 2. The van der Waals surface area contributed by atoms with Crippen LogP contribution >= 0.6 is 0 Å². The van der Waals surface area contributed by atoms with Crippen molar-refractivity contribution in [2.75, 3.05) is 85.1 Å². The van der Waals surface area contributed by atoms with Crippen LogP contribution in [0.2, 0.25) is 0 Å². The lowest BCUT2D eigenvalue weighted by Crippen LogP contribution is -2.37. The minimum Gasteiger partial charge on any atom is -0.355 e. The highest BCUT2D eigenvalue weighted by Crippen LogP contribution is 2.03. The maximum Gasteiger partial charge on any atom is 0.221 e. The van der Waals surface area contributed by atoms with E-state index in [0.29, 0.717) is 110 Å². The van der Waals surface area contributed by atoms with E-state index < -0.39 is 0 Å². The quantitative estimate of drug-likeness (QED) is 0.0759. The van der Waals surface area contributed by atoms with E-state index in [0.717, 1.165) is 19.6 Å². The van der Waals surface area contributed by atoms with E-state index >= 15 is 0 Å². The van der Waals surface area contributed by atoms with E-state index in [9.17, 15) is 14.4 Å².